The molecule has 0 saturated carbocycles. The number of hydrogen-bond donors (Lipinski definition) is 2. The van der Waals surface area contributed by atoms with Crippen LogP contribution in [0.25, 0.3) is 5.70 Å². The minimum Gasteiger partial charge on any atom is -0.385 e. The van der Waals surface area contributed by atoms with E-state index in [2.05, 4.69) is 73.2 Å². The van der Waals surface area contributed by atoms with Gasteiger partial charge in [-0.3, -0.25) is 0 Å². The van der Waals surface area contributed by atoms with E-state index in [0.717, 1.165) is 54.9 Å². The lowest BCUT2D eigenvalue weighted by atomic mass is 9.98. The normalized spacial score (nSPS) is 10.3. The summed E-state index contributed by atoms with van der Waals surface area (Å²) in [4.78, 5) is 0. The zero-order chi connectivity index (χ0) is 20.7. The molecule has 2 N–H and O–H groups in total. The van der Waals surface area contributed by atoms with E-state index in [9.17, 15) is 0 Å². The number of rotatable bonds is 12. The predicted molar refractivity (Wildman–Crippen MR) is 127 cm³/mol. The Morgan fingerprint density at radius 2 is 1.69 bits per heavy atom. The zero-order valence-electron chi connectivity index (χ0n) is 18.2. The number of hydrogen-bond acceptors (Lipinski definition) is 2. The molecule has 0 radical (unpaired) electrons. The van der Waals surface area contributed by atoms with Crippen LogP contribution in [0.5, 0.6) is 0 Å². The Labute approximate surface area is 177 Å². The van der Waals surface area contributed by atoms with Gasteiger partial charge in [-0.15, -0.1) is 0 Å². The molecule has 0 aliphatic rings. The molecular weight excluding hydrogens is 352 g/mol. The van der Waals surface area contributed by atoms with E-state index in [0.29, 0.717) is 0 Å². The molecule has 154 valence electrons. The van der Waals surface area contributed by atoms with Crippen molar-refractivity contribution < 1.29 is 0 Å². The van der Waals surface area contributed by atoms with Gasteiger partial charge in [0.05, 0.1) is 0 Å². The maximum Gasteiger partial charge on any atom is 0.0341 e. The lowest BCUT2D eigenvalue weighted by Gasteiger charge is -2.12. The molecular formula is C27H36N2. The van der Waals surface area contributed by atoms with E-state index in [1.165, 1.54) is 31.2 Å². The minimum atomic E-state index is 0.975. The molecule has 0 bridgehead atoms. The highest BCUT2D eigenvalue weighted by molar-refractivity contribution is 5.64. The Morgan fingerprint density at radius 1 is 0.862 bits per heavy atom. The summed E-state index contributed by atoms with van der Waals surface area (Å²) in [6.07, 6.45) is 6.99. The van der Waals surface area contributed by atoms with Gasteiger partial charge in [-0.2, -0.15) is 0 Å². The summed E-state index contributed by atoms with van der Waals surface area (Å²) in [5, 5.41) is 6.95. The second kappa shape index (κ2) is 13.6. The molecule has 0 spiro atoms. The monoisotopic (exact) mass is 388 g/mol. The van der Waals surface area contributed by atoms with Crippen molar-refractivity contribution in [2.24, 2.45) is 0 Å². The van der Waals surface area contributed by atoms with Gasteiger partial charge in [0.2, 0.25) is 0 Å². The summed E-state index contributed by atoms with van der Waals surface area (Å²) >= 11 is 0. The Kier molecular flexibility index (Phi) is 10.7. The number of nitrogens with one attached hydrogen (secondary N) is 2. The van der Waals surface area contributed by atoms with E-state index >= 15 is 0 Å². The highest BCUT2D eigenvalue weighted by Crippen LogP contribution is 2.18. The molecule has 29 heavy (non-hydrogen) atoms. The Bertz CT molecular complexity index is 796. The van der Waals surface area contributed by atoms with Gasteiger partial charge in [0.15, 0.2) is 0 Å². The van der Waals surface area contributed by atoms with Gasteiger partial charge in [0.25, 0.3) is 0 Å². The van der Waals surface area contributed by atoms with Crippen molar-refractivity contribution in [2.75, 3.05) is 19.6 Å². The quantitative estimate of drug-likeness (QED) is 0.356. The van der Waals surface area contributed by atoms with Crippen molar-refractivity contribution in [3.05, 3.63) is 77.4 Å². The molecule has 0 aliphatic heterocycles. The van der Waals surface area contributed by atoms with Crippen LogP contribution in [-0.4, -0.2) is 19.6 Å². The van der Waals surface area contributed by atoms with Crippen LogP contribution in [0.15, 0.2) is 55.1 Å². The van der Waals surface area contributed by atoms with Crippen LogP contribution in [0.3, 0.4) is 0 Å². The third kappa shape index (κ3) is 8.59. The van der Waals surface area contributed by atoms with Crippen LogP contribution < -0.4 is 10.6 Å². The molecule has 0 unspecified atom stereocenters. The molecule has 2 heteroatoms. The molecule has 0 aliphatic carbocycles. The van der Waals surface area contributed by atoms with Crippen molar-refractivity contribution in [1.82, 2.24) is 10.6 Å². The standard InChI is InChI=1S/C27H36N2/c1-4-6-10-21-29-23(3)26-18-17-25(14-11-20-28-19-5-2)27(22-26)16-15-24-12-8-7-9-13-24/h7-9,12-13,17-18,22,28-29H,3-6,10-11,14,19-21H2,1-2H3. The van der Waals surface area contributed by atoms with Crippen LogP contribution in [0.2, 0.25) is 0 Å². The first-order valence-electron chi connectivity index (χ1n) is 11.1. The topological polar surface area (TPSA) is 24.1 Å². The third-order valence-electron chi connectivity index (χ3n) is 4.92. The molecule has 0 heterocycles. The maximum atomic E-state index is 4.24. The first-order valence-corrected chi connectivity index (χ1v) is 11.1. The molecule has 2 aromatic rings. The van der Waals surface area contributed by atoms with Gasteiger partial charge in [-0.05, 0) is 68.1 Å². The van der Waals surface area contributed by atoms with E-state index in [1.807, 2.05) is 18.2 Å². The summed E-state index contributed by atoms with van der Waals surface area (Å²) in [5.74, 6) is 6.74. The Hall–Kier alpha value is -2.50. The molecule has 2 rings (SSSR count). The Balaban J connectivity index is 2.13. The van der Waals surface area contributed by atoms with Crippen LogP contribution in [0.4, 0.5) is 0 Å². The van der Waals surface area contributed by atoms with Crippen LogP contribution in [-0.2, 0) is 6.42 Å². The van der Waals surface area contributed by atoms with E-state index in [4.69, 9.17) is 0 Å². The fourth-order valence-corrected chi connectivity index (χ4v) is 3.18. The molecule has 0 amide bonds. The van der Waals surface area contributed by atoms with Crippen LogP contribution >= 0.6 is 0 Å². The minimum absolute atomic E-state index is 0.975. The highest BCUT2D eigenvalue weighted by Gasteiger charge is 2.05. The fourth-order valence-electron chi connectivity index (χ4n) is 3.18. The zero-order valence-corrected chi connectivity index (χ0v) is 18.2. The van der Waals surface area contributed by atoms with Crippen molar-refractivity contribution in [3.8, 4) is 11.8 Å². The van der Waals surface area contributed by atoms with Gasteiger partial charge in [-0.1, -0.05) is 75.4 Å². The summed E-state index contributed by atoms with van der Waals surface area (Å²) in [6, 6.07) is 16.8. The summed E-state index contributed by atoms with van der Waals surface area (Å²) in [6.45, 7) is 11.8. The van der Waals surface area contributed by atoms with Gasteiger partial charge >= 0.3 is 0 Å². The molecule has 0 saturated heterocycles. The van der Waals surface area contributed by atoms with E-state index in [1.54, 1.807) is 0 Å². The Morgan fingerprint density at radius 3 is 2.45 bits per heavy atom. The summed E-state index contributed by atoms with van der Waals surface area (Å²) in [7, 11) is 0. The SMILES string of the molecule is C=C(NCCCCC)c1ccc(CCCNCCC)c(C#Cc2ccccc2)c1. The van der Waals surface area contributed by atoms with Crippen LogP contribution in [0.1, 0.15) is 68.2 Å². The van der Waals surface area contributed by atoms with Crippen molar-refractivity contribution in [1.29, 1.82) is 0 Å². The number of aryl methyl sites for hydroxylation is 1. The fraction of sp³-hybridized carbons (Fsp3) is 0.407. The molecule has 0 atom stereocenters. The smallest absolute Gasteiger partial charge is 0.0341 e. The van der Waals surface area contributed by atoms with Gasteiger partial charge in [-0.25, -0.2) is 0 Å². The van der Waals surface area contributed by atoms with Crippen molar-refractivity contribution >= 4 is 5.70 Å². The van der Waals surface area contributed by atoms with Gasteiger partial charge < -0.3 is 10.6 Å². The first kappa shape index (κ1) is 22.8. The average molecular weight is 389 g/mol. The number of benzene rings is 2. The van der Waals surface area contributed by atoms with Crippen molar-refractivity contribution in [3.63, 3.8) is 0 Å². The third-order valence-corrected chi connectivity index (χ3v) is 4.92. The van der Waals surface area contributed by atoms with Crippen molar-refractivity contribution in [2.45, 2.75) is 52.4 Å². The van der Waals surface area contributed by atoms with E-state index < -0.39 is 0 Å². The molecule has 2 nitrogen and oxygen atoms in total. The highest BCUT2D eigenvalue weighted by atomic mass is 14.9. The predicted octanol–water partition coefficient (Wildman–Crippen LogP) is 5.77. The second-order valence-electron chi connectivity index (χ2n) is 7.45. The van der Waals surface area contributed by atoms with Gasteiger partial charge in [0.1, 0.15) is 0 Å². The largest absolute Gasteiger partial charge is 0.385 e. The molecule has 0 aromatic heterocycles. The molecule has 2 aromatic carbocycles. The summed E-state index contributed by atoms with van der Waals surface area (Å²) < 4.78 is 0. The van der Waals surface area contributed by atoms with Gasteiger partial charge in [0, 0.05) is 23.4 Å². The average Bonchev–Trinajstić information content (AvgIpc) is 2.76. The first-order chi connectivity index (χ1) is 14.2. The second-order valence-corrected chi connectivity index (χ2v) is 7.45. The number of unbranched alkanes of at least 4 members (excludes halogenated alkanes) is 2. The van der Waals surface area contributed by atoms with Crippen LogP contribution in [0, 0.1) is 11.8 Å². The lowest BCUT2D eigenvalue weighted by Crippen LogP contribution is -2.16. The lowest BCUT2D eigenvalue weighted by molar-refractivity contribution is 0.639. The van der Waals surface area contributed by atoms with E-state index in [-0.39, 0.29) is 0 Å². The summed E-state index contributed by atoms with van der Waals surface area (Å²) in [5.41, 5.74) is 5.59. The maximum absolute atomic E-state index is 4.24. The molecule has 0 fully saturated rings.